The van der Waals surface area contributed by atoms with Crippen molar-refractivity contribution >= 4 is 63.1 Å². The van der Waals surface area contributed by atoms with E-state index in [4.69, 9.17) is 27.9 Å². The fourth-order valence-corrected chi connectivity index (χ4v) is 6.84. The van der Waals surface area contributed by atoms with Crippen LogP contribution >= 0.6 is 34.5 Å². The predicted molar refractivity (Wildman–Crippen MR) is 149 cm³/mol. The van der Waals surface area contributed by atoms with Crippen molar-refractivity contribution in [3.05, 3.63) is 38.9 Å². The van der Waals surface area contributed by atoms with Crippen LogP contribution in [0.25, 0.3) is 0 Å². The van der Waals surface area contributed by atoms with Gasteiger partial charge in [0.1, 0.15) is 11.0 Å². The number of para-hydroxylation sites is 1. The molecular formula is C26H32Cl2N4O5S. The monoisotopic (exact) mass is 582 g/mol. The lowest BCUT2D eigenvalue weighted by Crippen LogP contribution is -2.46. The fourth-order valence-electron chi connectivity index (χ4n) is 5.22. The van der Waals surface area contributed by atoms with Gasteiger partial charge in [0.05, 0.1) is 26.8 Å². The normalized spacial score (nSPS) is 20.9. The number of carbonyl (C=O) groups is 3. The van der Waals surface area contributed by atoms with Crippen LogP contribution in [0.5, 0.6) is 0 Å². The van der Waals surface area contributed by atoms with Gasteiger partial charge in [0.2, 0.25) is 0 Å². The van der Waals surface area contributed by atoms with Crippen LogP contribution in [-0.4, -0.2) is 47.3 Å². The van der Waals surface area contributed by atoms with Crippen LogP contribution in [-0.2, 0) is 9.53 Å². The first-order valence-corrected chi connectivity index (χ1v) is 14.4. The van der Waals surface area contributed by atoms with Crippen molar-refractivity contribution in [2.24, 2.45) is 5.92 Å². The Hall–Kier alpha value is -2.40. The number of thiazole rings is 1. The lowest BCUT2D eigenvalue weighted by atomic mass is 9.84. The zero-order valence-electron chi connectivity index (χ0n) is 21.1. The number of anilines is 2. The molecule has 0 spiro atoms. The second kappa shape index (κ2) is 13.1. The molecular weight excluding hydrogens is 551 g/mol. The van der Waals surface area contributed by atoms with E-state index < -0.39 is 23.9 Å². The summed E-state index contributed by atoms with van der Waals surface area (Å²) in [5.74, 6) is -1.72. The summed E-state index contributed by atoms with van der Waals surface area (Å²) >= 11 is 13.6. The number of halogens is 2. The maximum absolute atomic E-state index is 13.4. The summed E-state index contributed by atoms with van der Waals surface area (Å²) in [6.07, 6.45) is 8.06. The Morgan fingerprint density at radius 3 is 2.29 bits per heavy atom. The Bertz CT molecular complexity index is 1140. The van der Waals surface area contributed by atoms with Gasteiger partial charge in [-0.05, 0) is 56.6 Å². The molecule has 0 saturated heterocycles. The lowest BCUT2D eigenvalue weighted by molar-refractivity contribution is -0.141. The van der Waals surface area contributed by atoms with E-state index in [1.165, 1.54) is 11.3 Å². The average Bonchev–Trinajstić information content (AvgIpc) is 3.33. The van der Waals surface area contributed by atoms with Gasteiger partial charge in [-0.2, -0.15) is 0 Å². The van der Waals surface area contributed by atoms with E-state index in [0.717, 1.165) is 62.8 Å². The predicted octanol–water partition coefficient (Wildman–Crippen LogP) is 6.53. The topological polar surface area (TPSA) is 130 Å². The molecule has 2 saturated carbocycles. The number of nitrogens with zero attached hydrogens (tertiary/aromatic N) is 1. The molecule has 4 N–H and O–H groups in total. The summed E-state index contributed by atoms with van der Waals surface area (Å²) in [7, 11) is 1.70. The zero-order chi connectivity index (χ0) is 27.2. The summed E-state index contributed by atoms with van der Waals surface area (Å²) in [6.45, 7) is 0. The summed E-state index contributed by atoms with van der Waals surface area (Å²) in [6, 6.07) is 3.19. The standard InChI is InChI=1S/C26H32Cl2N4O5S/c1-37-16-12-10-15(11-13-16)23-30-21(22(33)29-19(25(34)35)14-6-3-2-4-7-14)24(38-23)32-26(36)31-20-17(27)8-5-9-18(20)28/h5,8-9,14-16,19H,2-4,6-7,10-13H2,1H3,(H,29,33)(H,34,35)(H2,31,32,36)/t15?,16?,19-/m0/s1. The molecule has 0 bridgehead atoms. The highest BCUT2D eigenvalue weighted by atomic mass is 35.5. The first-order valence-electron chi connectivity index (χ1n) is 12.9. The van der Waals surface area contributed by atoms with Crippen LogP contribution in [0.2, 0.25) is 10.0 Å². The molecule has 1 aromatic carbocycles. The number of carboxylic acids is 1. The summed E-state index contributed by atoms with van der Waals surface area (Å²) < 4.78 is 5.47. The first kappa shape index (κ1) is 28.6. The molecule has 3 amide bonds. The van der Waals surface area contributed by atoms with Crippen LogP contribution in [0, 0.1) is 5.92 Å². The zero-order valence-corrected chi connectivity index (χ0v) is 23.4. The molecule has 0 radical (unpaired) electrons. The molecule has 2 aliphatic carbocycles. The van der Waals surface area contributed by atoms with E-state index in [1.54, 1.807) is 25.3 Å². The minimum absolute atomic E-state index is 0.00123. The number of carbonyl (C=O) groups excluding carboxylic acids is 2. The quantitative estimate of drug-likeness (QED) is 0.280. The molecule has 4 rings (SSSR count). The number of aliphatic carboxylic acids is 1. The van der Waals surface area contributed by atoms with Crippen molar-refractivity contribution in [2.75, 3.05) is 17.7 Å². The third-order valence-corrected chi connectivity index (χ3v) is 9.08. The van der Waals surface area contributed by atoms with Gasteiger partial charge < -0.3 is 20.5 Å². The molecule has 2 aliphatic rings. The fraction of sp³-hybridized carbons (Fsp3) is 0.538. The first-order chi connectivity index (χ1) is 18.3. The second-order valence-electron chi connectivity index (χ2n) is 9.80. The number of hydrogen-bond acceptors (Lipinski definition) is 6. The number of hydrogen-bond donors (Lipinski definition) is 4. The molecule has 0 unspecified atom stereocenters. The van der Waals surface area contributed by atoms with E-state index in [0.29, 0.717) is 0 Å². The number of carboxylic acid groups (broad SMARTS) is 1. The van der Waals surface area contributed by atoms with Crippen LogP contribution in [0.15, 0.2) is 18.2 Å². The maximum Gasteiger partial charge on any atom is 0.326 e. The van der Waals surface area contributed by atoms with E-state index in [-0.39, 0.29) is 44.4 Å². The average molecular weight is 584 g/mol. The third kappa shape index (κ3) is 6.97. The van der Waals surface area contributed by atoms with Crippen LogP contribution in [0.4, 0.5) is 15.5 Å². The number of benzene rings is 1. The van der Waals surface area contributed by atoms with Crippen LogP contribution in [0.3, 0.4) is 0 Å². The van der Waals surface area contributed by atoms with Crippen molar-refractivity contribution < 1.29 is 24.2 Å². The summed E-state index contributed by atoms with van der Waals surface area (Å²) in [4.78, 5) is 43.0. The molecule has 0 aliphatic heterocycles. The lowest BCUT2D eigenvalue weighted by Gasteiger charge is -2.28. The Labute approximate surface area is 235 Å². The van der Waals surface area contributed by atoms with Crippen molar-refractivity contribution in [2.45, 2.75) is 75.9 Å². The van der Waals surface area contributed by atoms with Gasteiger partial charge in [-0.15, -0.1) is 11.3 Å². The van der Waals surface area contributed by atoms with E-state index >= 15 is 0 Å². The maximum atomic E-state index is 13.4. The van der Waals surface area contributed by atoms with E-state index in [2.05, 4.69) is 20.9 Å². The second-order valence-corrected chi connectivity index (χ2v) is 11.6. The summed E-state index contributed by atoms with van der Waals surface area (Å²) in [5, 5.41) is 19.4. The Balaban J connectivity index is 1.57. The minimum atomic E-state index is -1.07. The van der Waals surface area contributed by atoms with Crippen molar-refractivity contribution in [3.63, 3.8) is 0 Å². The van der Waals surface area contributed by atoms with Gasteiger partial charge >= 0.3 is 12.0 Å². The highest BCUT2D eigenvalue weighted by Crippen LogP contribution is 2.39. The van der Waals surface area contributed by atoms with Gasteiger partial charge in [0.25, 0.3) is 5.91 Å². The number of aromatic nitrogens is 1. The SMILES string of the molecule is COC1CCC(c2nc(C(=O)N[C@H](C(=O)O)C3CCCCC3)c(NC(=O)Nc3c(Cl)cccc3Cl)s2)CC1. The highest BCUT2D eigenvalue weighted by Gasteiger charge is 2.34. The molecule has 38 heavy (non-hydrogen) atoms. The Morgan fingerprint density at radius 2 is 1.68 bits per heavy atom. The van der Waals surface area contributed by atoms with Gasteiger partial charge in [0, 0.05) is 13.0 Å². The molecule has 1 heterocycles. The molecule has 12 heteroatoms. The number of ether oxygens (including phenoxy) is 1. The van der Waals surface area contributed by atoms with Gasteiger partial charge in [-0.25, -0.2) is 14.6 Å². The van der Waals surface area contributed by atoms with E-state index in [1.807, 2.05) is 0 Å². The number of rotatable bonds is 8. The molecule has 1 aromatic heterocycles. The van der Waals surface area contributed by atoms with Crippen molar-refractivity contribution in [3.8, 4) is 0 Å². The Morgan fingerprint density at radius 1 is 1.03 bits per heavy atom. The van der Waals surface area contributed by atoms with Gasteiger partial charge in [0.15, 0.2) is 5.69 Å². The highest BCUT2D eigenvalue weighted by molar-refractivity contribution is 7.16. The Kier molecular flexibility index (Phi) is 9.86. The molecule has 1 atom stereocenters. The summed E-state index contributed by atoms with van der Waals surface area (Å²) in [5.41, 5.74) is 0.242. The van der Waals surface area contributed by atoms with Gasteiger partial charge in [-0.1, -0.05) is 48.5 Å². The van der Waals surface area contributed by atoms with Crippen LogP contribution < -0.4 is 16.0 Å². The van der Waals surface area contributed by atoms with Gasteiger partial charge in [-0.3, -0.25) is 10.1 Å². The number of methoxy groups -OCH3 is 1. The third-order valence-electron chi connectivity index (χ3n) is 7.32. The van der Waals surface area contributed by atoms with Crippen molar-refractivity contribution in [1.82, 2.24) is 10.3 Å². The molecule has 206 valence electrons. The van der Waals surface area contributed by atoms with E-state index in [9.17, 15) is 19.5 Å². The largest absolute Gasteiger partial charge is 0.480 e. The number of nitrogens with one attached hydrogen (secondary N) is 3. The minimum Gasteiger partial charge on any atom is -0.480 e. The van der Waals surface area contributed by atoms with Crippen molar-refractivity contribution in [1.29, 1.82) is 0 Å². The number of amides is 3. The van der Waals surface area contributed by atoms with Crippen LogP contribution in [0.1, 0.15) is 79.2 Å². The molecule has 2 fully saturated rings. The molecule has 9 nitrogen and oxygen atoms in total. The smallest absolute Gasteiger partial charge is 0.326 e. The molecule has 2 aromatic rings. The number of urea groups is 1.